The van der Waals surface area contributed by atoms with Crippen LogP contribution in [-0.2, 0) is 16.1 Å². The molecular weight excluding hydrogens is 372 g/mol. The number of hydrogen-bond donors (Lipinski definition) is 1. The topological polar surface area (TPSA) is 77.1 Å². The fourth-order valence-corrected chi connectivity index (χ4v) is 3.30. The zero-order valence-electron chi connectivity index (χ0n) is 16.7. The molecule has 29 heavy (non-hydrogen) atoms. The van der Waals surface area contributed by atoms with E-state index in [4.69, 9.17) is 14.2 Å². The van der Waals surface area contributed by atoms with Gasteiger partial charge in [0, 0.05) is 24.3 Å². The molecule has 0 aromatic heterocycles. The second kappa shape index (κ2) is 9.82. The monoisotopic (exact) mass is 398 g/mol. The van der Waals surface area contributed by atoms with Crippen molar-refractivity contribution < 1.29 is 23.8 Å². The zero-order valence-corrected chi connectivity index (χ0v) is 16.7. The molecule has 2 aromatic carbocycles. The summed E-state index contributed by atoms with van der Waals surface area (Å²) in [6, 6.07) is 14.5. The number of amides is 2. The highest BCUT2D eigenvalue weighted by Gasteiger charge is 2.28. The fraction of sp³-hybridized carbons (Fsp3) is 0.364. The van der Waals surface area contributed by atoms with Crippen LogP contribution in [0.5, 0.6) is 11.5 Å². The first-order chi connectivity index (χ1) is 14.1. The van der Waals surface area contributed by atoms with Crippen LogP contribution >= 0.6 is 0 Å². The quantitative estimate of drug-likeness (QED) is 0.751. The summed E-state index contributed by atoms with van der Waals surface area (Å²) in [7, 11) is 3.16. The van der Waals surface area contributed by atoms with Gasteiger partial charge in [-0.25, -0.2) is 4.79 Å². The maximum atomic E-state index is 12.5. The predicted molar refractivity (Wildman–Crippen MR) is 109 cm³/mol. The molecule has 0 aliphatic carbocycles. The van der Waals surface area contributed by atoms with Gasteiger partial charge in [0.2, 0.25) is 0 Å². The minimum atomic E-state index is -0.252. The summed E-state index contributed by atoms with van der Waals surface area (Å²) in [6.45, 7) is 1.15. The molecule has 0 spiro atoms. The Morgan fingerprint density at radius 1 is 1.03 bits per heavy atom. The molecule has 0 atom stereocenters. The second-order valence-corrected chi connectivity index (χ2v) is 6.84. The van der Waals surface area contributed by atoms with Crippen molar-refractivity contribution in [2.75, 3.05) is 32.6 Å². The van der Waals surface area contributed by atoms with E-state index in [0.29, 0.717) is 37.4 Å². The zero-order chi connectivity index (χ0) is 20.6. The standard InChI is InChI=1S/C22H26N2O5/c1-27-19-8-9-20(28-2)17(14-19)15-29-21(25)16-10-12-24(13-11-16)22(26)23-18-6-4-3-5-7-18/h3-9,14,16H,10-13,15H2,1-2H3,(H,23,26). The third-order valence-corrected chi connectivity index (χ3v) is 5.00. The summed E-state index contributed by atoms with van der Waals surface area (Å²) in [5, 5.41) is 2.87. The van der Waals surface area contributed by atoms with Crippen molar-refractivity contribution in [2.45, 2.75) is 19.4 Å². The summed E-state index contributed by atoms with van der Waals surface area (Å²) in [5.41, 5.74) is 1.51. The van der Waals surface area contributed by atoms with E-state index >= 15 is 0 Å². The smallest absolute Gasteiger partial charge is 0.321 e. The summed E-state index contributed by atoms with van der Waals surface area (Å²) < 4.78 is 16.0. The molecule has 2 aromatic rings. The highest BCUT2D eigenvalue weighted by molar-refractivity contribution is 5.89. The number of nitrogens with one attached hydrogen (secondary N) is 1. The van der Waals surface area contributed by atoms with E-state index in [2.05, 4.69) is 5.32 Å². The van der Waals surface area contributed by atoms with Gasteiger partial charge in [-0.15, -0.1) is 0 Å². The number of carbonyl (C=O) groups excluding carboxylic acids is 2. The minimum absolute atomic E-state index is 0.119. The number of esters is 1. The molecule has 1 aliphatic rings. The van der Waals surface area contributed by atoms with E-state index in [0.717, 1.165) is 11.3 Å². The lowest BCUT2D eigenvalue weighted by atomic mass is 9.97. The van der Waals surface area contributed by atoms with Gasteiger partial charge in [0.05, 0.1) is 20.1 Å². The van der Waals surface area contributed by atoms with Gasteiger partial charge >= 0.3 is 12.0 Å². The van der Waals surface area contributed by atoms with Gasteiger partial charge in [0.25, 0.3) is 0 Å². The highest BCUT2D eigenvalue weighted by atomic mass is 16.5. The molecular formula is C22H26N2O5. The van der Waals surface area contributed by atoms with E-state index in [1.165, 1.54) is 0 Å². The molecule has 1 aliphatic heterocycles. The Balaban J connectivity index is 1.48. The van der Waals surface area contributed by atoms with E-state index in [1.54, 1.807) is 37.3 Å². The molecule has 1 saturated heterocycles. The van der Waals surface area contributed by atoms with Crippen molar-refractivity contribution in [1.82, 2.24) is 4.90 Å². The van der Waals surface area contributed by atoms with Gasteiger partial charge in [-0.1, -0.05) is 18.2 Å². The fourth-order valence-electron chi connectivity index (χ4n) is 3.30. The Hall–Kier alpha value is -3.22. The lowest BCUT2D eigenvalue weighted by Gasteiger charge is -2.31. The van der Waals surface area contributed by atoms with Crippen molar-refractivity contribution in [2.24, 2.45) is 5.92 Å². The van der Waals surface area contributed by atoms with Crippen LogP contribution in [0.15, 0.2) is 48.5 Å². The molecule has 1 N–H and O–H groups in total. The normalized spacial score (nSPS) is 14.2. The minimum Gasteiger partial charge on any atom is -0.497 e. The first kappa shape index (κ1) is 20.5. The van der Waals surface area contributed by atoms with Gasteiger partial charge in [-0.2, -0.15) is 0 Å². The largest absolute Gasteiger partial charge is 0.497 e. The Labute approximate surface area is 170 Å². The molecule has 2 amide bonds. The van der Waals surface area contributed by atoms with Crippen LogP contribution < -0.4 is 14.8 Å². The lowest BCUT2D eigenvalue weighted by Crippen LogP contribution is -2.42. The summed E-state index contributed by atoms with van der Waals surface area (Å²) in [4.78, 5) is 26.6. The highest BCUT2D eigenvalue weighted by Crippen LogP contribution is 2.26. The first-order valence-corrected chi connectivity index (χ1v) is 9.59. The number of methoxy groups -OCH3 is 2. The molecule has 0 bridgehead atoms. The number of carbonyl (C=O) groups is 2. The average molecular weight is 398 g/mol. The molecule has 1 heterocycles. The molecule has 3 rings (SSSR count). The van der Waals surface area contributed by atoms with Crippen LogP contribution in [-0.4, -0.2) is 44.2 Å². The maximum Gasteiger partial charge on any atom is 0.321 e. The molecule has 0 saturated carbocycles. The SMILES string of the molecule is COc1ccc(OC)c(COC(=O)C2CCN(C(=O)Nc3ccccc3)CC2)c1. The molecule has 154 valence electrons. The van der Waals surface area contributed by atoms with Gasteiger partial charge in [0.15, 0.2) is 0 Å². The van der Waals surface area contributed by atoms with Gasteiger partial charge in [0.1, 0.15) is 18.1 Å². The lowest BCUT2D eigenvalue weighted by molar-refractivity contribution is -0.151. The van der Waals surface area contributed by atoms with E-state index in [-0.39, 0.29) is 24.5 Å². The third kappa shape index (κ3) is 5.40. The van der Waals surface area contributed by atoms with Crippen LogP contribution in [0.1, 0.15) is 18.4 Å². The second-order valence-electron chi connectivity index (χ2n) is 6.84. The van der Waals surface area contributed by atoms with Crippen LogP contribution in [0.25, 0.3) is 0 Å². The Morgan fingerprint density at radius 3 is 2.41 bits per heavy atom. The van der Waals surface area contributed by atoms with Crippen molar-refractivity contribution >= 4 is 17.7 Å². The van der Waals surface area contributed by atoms with Crippen LogP contribution in [0.4, 0.5) is 10.5 Å². The number of likely N-dealkylation sites (tertiary alicyclic amines) is 1. The van der Waals surface area contributed by atoms with Crippen molar-refractivity contribution in [1.29, 1.82) is 0 Å². The number of piperidine rings is 1. The number of nitrogens with zero attached hydrogens (tertiary/aromatic N) is 1. The van der Waals surface area contributed by atoms with E-state index < -0.39 is 0 Å². The van der Waals surface area contributed by atoms with Gasteiger partial charge < -0.3 is 24.4 Å². The summed E-state index contributed by atoms with van der Waals surface area (Å²) in [6.07, 6.45) is 1.16. The van der Waals surface area contributed by atoms with Gasteiger partial charge in [-0.05, 0) is 43.2 Å². The van der Waals surface area contributed by atoms with E-state index in [1.807, 2.05) is 30.3 Å². The van der Waals surface area contributed by atoms with Crippen LogP contribution in [0.3, 0.4) is 0 Å². The molecule has 0 radical (unpaired) electrons. The number of anilines is 1. The number of benzene rings is 2. The number of hydrogen-bond acceptors (Lipinski definition) is 5. The Bertz CT molecular complexity index is 832. The molecule has 0 unspecified atom stereocenters. The molecule has 1 fully saturated rings. The van der Waals surface area contributed by atoms with E-state index in [9.17, 15) is 9.59 Å². The van der Waals surface area contributed by atoms with Crippen LogP contribution in [0.2, 0.25) is 0 Å². The number of para-hydroxylation sites is 1. The number of ether oxygens (including phenoxy) is 3. The van der Waals surface area contributed by atoms with Crippen molar-refractivity contribution in [3.63, 3.8) is 0 Å². The first-order valence-electron chi connectivity index (χ1n) is 9.59. The Kier molecular flexibility index (Phi) is 6.94. The number of rotatable bonds is 6. The van der Waals surface area contributed by atoms with Gasteiger partial charge in [-0.3, -0.25) is 4.79 Å². The average Bonchev–Trinajstić information content (AvgIpc) is 2.78. The molecule has 7 nitrogen and oxygen atoms in total. The number of urea groups is 1. The Morgan fingerprint density at radius 2 is 1.76 bits per heavy atom. The predicted octanol–water partition coefficient (Wildman–Crippen LogP) is 3.69. The van der Waals surface area contributed by atoms with Crippen molar-refractivity contribution in [3.8, 4) is 11.5 Å². The summed E-state index contributed by atoms with van der Waals surface area (Å²) >= 11 is 0. The molecule has 7 heteroatoms. The summed E-state index contributed by atoms with van der Waals surface area (Å²) in [5.74, 6) is 0.853. The van der Waals surface area contributed by atoms with Crippen molar-refractivity contribution in [3.05, 3.63) is 54.1 Å². The van der Waals surface area contributed by atoms with Crippen LogP contribution in [0, 0.1) is 5.92 Å². The third-order valence-electron chi connectivity index (χ3n) is 5.00. The maximum absolute atomic E-state index is 12.5.